The van der Waals surface area contributed by atoms with Gasteiger partial charge in [-0.2, -0.15) is 5.26 Å². The minimum atomic E-state index is 0.302. The number of benzene rings is 2. The first kappa shape index (κ1) is 14.5. The number of nitriles is 1. The summed E-state index contributed by atoms with van der Waals surface area (Å²) in [4.78, 5) is 2.35. The van der Waals surface area contributed by atoms with Crippen LogP contribution in [0.25, 0.3) is 0 Å². The van der Waals surface area contributed by atoms with E-state index in [4.69, 9.17) is 5.26 Å². The number of hydrogen-bond acceptors (Lipinski definition) is 3. The Morgan fingerprint density at radius 3 is 2.32 bits per heavy atom. The molecular formula is C19H20N2O. The van der Waals surface area contributed by atoms with Crippen molar-refractivity contribution in [2.24, 2.45) is 0 Å². The molecule has 0 saturated carbocycles. The molecule has 22 heavy (non-hydrogen) atoms. The van der Waals surface area contributed by atoms with E-state index < -0.39 is 0 Å². The summed E-state index contributed by atoms with van der Waals surface area (Å²) in [5, 5.41) is 18.2. The number of phenolic OH excluding ortho intramolecular Hbond substituents is 1. The van der Waals surface area contributed by atoms with Crippen molar-refractivity contribution in [3.63, 3.8) is 0 Å². The van der Waals surface area contributed by atoms with Gasteiger partial charge in [0.1, 0.15) is 5.75 Å². The summed E-state index contributed by atoms with van der Waals surface area (Å²) in [5.74, 6) is 0.302. The Morgan fingerprint density at radius 1 is 1.05 bits per heavy atom. The van der Waals surface area contributed by atoms with Gasteiger partial charge in [0.05, 0.1) is 12.5 Å². The number of phenols is 1. The predicted octanol–water partition coefficient (Wildman–Crippen LogP) is 3.87. The average Bonchev–Trinajstić information content (AvgIpc) is 2.99. The first-order chi connectivity index (χ1) is 10.8. The fourth-order valence-corrected chi connectivity index (χ4v) is 3.15. The molecule has 0 bridgehead atoms. The van der Waals surface area contributed by atoms with Crippen molar-refractivity contribution in [3.8, 4) is 11.8 Å². The van der Waals surface area contributed by atoms with Crippen molar-refractivity contribution in [1.82, 2.24) is 0 Å². The van der Waals surface area contributed by atoms with E-state index in [0.29, 0.717) is 18.2 Å². The zero-order valence-corrected chi connectivity index (χ0v) is 12.6. The van der Waals surface area contributed by atoms with Gasteiger partial charge in [-0.15, -0.1) is 0 Å². The zero-order valence-electron chi connectivity index (χ0n) is 12.6. The third-order valence-electron chi connectivity index (χ3n) is 4.32. The van der Waals surface area contributed by atoms with Crippen LogP contribution in [-0.4, -0.2) is 17.7 Å². The Kier molecular flexibility index (Phi) is 4.29. The fourth-order valence-electron chi connectivity index (χ4n) is 3.15. The molecule has 1 saturated heterocycles. The topological polar surface area (TPSA) is 47.3 Å². The molecule has 1 atom stereocenters. The van der Waals surface area contributed by atoms with Crippen molar-refractivity contribution in [1.29, 1.82) is 5.26 Å². The quantitative estimate of drug-likeness (QED) is 0.930. The Labute approximate surface area is 131 Å². The van der Waals surface area contributed by atoms with Gasteiger partial charge >= 0.3 is 0 Å². The van der Waals surface area contributed by atoms with Crippen molar-refractivity contribution in [3.05, 3.63) is 59.7 Å². The molecule has 0 aromatic heterocycles. The van der Waals surface area contributed by atoms with Gasteiger partial charge in [0.25, 0.3) is 0 Å². The smallest absolute Gasteiger partial charge is 0.115 e. The molecule has 0 unspecified atom stereocenters. The fraction of sp³-hybridized carbons (Fsp3) is 0.316. The second-order valence-electron chi connectivity index (χ2n) is 5.86. The van der Waals surface area contributed by atoms with E-state index in [0.717, 1.165) is 19.4 Å². The van der Waals surface area contributed by atoms with Crippen LogP contribution in [0, 0.1) is 11.3 Å². The molecule has 0 aliphatic carbocycles. The van der Waals surface area contributed by atoms with Gasteiger partial charge in [-0.05, 0) is 54.7 Å². The Bertz CT molecular complexity index is 655. The molecule has 1 fully saturated rings. The van der Waals surface area contributed by atoms with Crippen LogP contribution in [0.4, 0.5) is 5.69 Å². The van der Waals surface area contributed by atoms with E-state index >= 15 is 0 Å². The van der Waals surface area contributed by atoms with Crippen molar-refractivity contribution < 1.29 is 5.11 Å². The minimum absolute atomic E-state index is 0.302. The van der Waals surface area contributed by atoms with Crippen LogP contribution in [0.2, 0.25) is 0 Å². The molecule has 3 rings (SSSR count). The van der Waals surface area contributed by atoms with Crippen LogP contribution in [0.3, 0.4) is 0 Å². The maximum atomic E-state index is 9.32. The Balaban J connectivity index is 1.70. The van der Waals surface area contributed by atoms with Gasteiger partial charge in [0, 0.05) is 18.3 Å². The van der Waals surface area contributed by atoms with E-state index in [-0.39, 0.29) is 0 Å². The highest BCUT2D eigenvalue weighted by Gasteiger charge is 2.24. The van der Waals surface area contributed by atoms with Crippen molar-refractivity contribution in [2.75, 3.05) is 11.4 Å². The Morgan fingerprint density at radius 2 is 1.68 bits per heavy atom. The second kappa shape index (κ2) is 6.53. The maximum Gasteiger partial charge on any atom is 0.115 e. The van der Waals surface area contributed by atoms with Crippen LogP contribution in [0.15, 0.2) is 48.5 Å². The molecule has 3 nitrogen and oxygen atoms in total. The van der Waals surface area contributed by atoms with Gasteiger partial charge in [0.2, 0.25) is 0 Å². The summed E-state index contributed by atoms with van der Waals surface area (Å²) >= 11 is 0. The first-order valence-electron chi connectivity index (χ1n) is 7.77. The molecule has 1 N–H and O–H groups in total. The highest BCUT2D eigenvalue weighted by molar-refractivity contribution is 5.50. The first-order valence-corrected chi connectivity index (χ1v) is 7.77. The lowest BCUT2D eigenvalue weighted by Gasteiger charge is -2.25. The van der Waals surface area contributed by atoms with E-state index in [1.54, 1.807) is 12.1 Å². The lowest BCUT2D eigenvalue weighted by atomic mass is 10.0. The third kappa shape index (κ3) is 3.23. The van der Waals surface area contributed by atoms with E-state index in [1.165, 1.54) is 23.2 Å². The summed E-state index contributed by atoms with van der Waals surface area (Å²) in [6.45, 7) is 1.05. The molecule has 112 valence electrons. The summed E-state index contributed by atoms with van der Waals surface area (Å²) < 4.78 is 0. The number of rotatable bonds is 4. The number of nitrogens with zero attached hydrogens (tertiary/aromatic N) is 2. The standard InChI is InChI=1S/C19H20N2O/c20-12-11-17-2-1-13-21(17)18-7-3-15(4-8-18)14-16-5-9-19(22)10-6-16/h3-10,17,22H,1-2,11,13-14H2/t17-/m0/s1. The van der Waals surface area contributed by atoms with Crippen LogP contribution < -0.4 is 4.90 Å². The largest absolute Gasteiger partial charge is 0.508 e. The number of anilines is 1. The lowest BCUT2D eigenvalue weighted by Crippen LogP contribution is -2.28. The molecule has 0 amide bonds. The summed E-state index contributed by atoms with van der Waals surface area (Å²) in [6.07, 6.45) is 3.75. The molecule has 0 spiro atoms. The minimum Gasteiger partial charge on any atom is -0.508 e. The van der Waals surface area contributed by atoms with Crippen LogP contribution in [0.5, 0.6) is 5.75 Å². The van der Waals surface area contributed by atoms with Crippen LogP contribution >= 0.6 is 0 Å². The van der Waals surface area contributed by atoms with Gasteiger partial charge in [-0.1, -0.05) is 24.3 Å². The maximum absolute atomic E-state index is 9.32. The summed E-state index contributed by atoms with van der Waals surface area (Å²) in [5.41, 5.74) is 3.66. The monoisotopic (exact) mass is 292 g/mol. The normalized spacial score (nSPS) is 17.4. The Hall–Kier alpha value is -2.47. The summed E-state index contributed by atoms with van der Waals surface area (Å²) in [7, 11) is 0. The molecule has 2 aromatic carbocycles. The number of aromatic hydroxyl groups is 1. The van der Waals surface area contributed by atoms with Gasteiger partial charge in [-0.3, -0.25) is 0 Å². The molecule has 1 heterocycles. The lowest BCUT2D eigenvalue weighted by molar-refractivity contribution is 0.475. The third-order valence-corrected chi connectivity index (χ3v) is 4.32. The number of hydrogen-bond donors (Lipinski definition) is 1. The summed E-state index contributed by atoms with van der Waals surface area (Å²) in [6, 6.07) is 18.6. The van der Waals surface area contributed by atoms with Gasteiger partial charge in [-0.25, -0.2) is 0 Å². The molecule has 0 radical (unpaired) electrons. The molecule has 2 aromatic rings. The van der Waals surface area contributed by atoms with E-state index in [9.17, 15) is 5.11 Å². The van der Waals surface area contributed by atoms with Crippen molar-refractivity contribution >= 4 is 5.69 Å². The highest BCUT2D eigenvalue weighted by atomic mass is 16.3. The highest BCUT2D eigenvalue weighted by Crippen LogP contribution is 2.27. The molecule has 1 aliphatic heterocycles. The average molecular weight is 292 g/mol. The van der Waals surface area contributed by atoms with E-state index in [1.807, 2.05) is 12.1 Å². The van der Waals surface area contributed by atoms with E-state index in [2.05, 4.69) is 35.2 Å². The van der Waals surface area contributed by atoms with Gasteiger partial charge in [0.15, 0.2) is 0 Å². The molecular weight excluding hydrogens is 272 g/mol. The molecule has 3 heteroatoms. The zero-order chi connectivity index (χ0) is 15.4. The van der Waals surface area contributed by atoms with Gasteiger partial charge < -0.3 is 10.0 Å². The predicted molar refractivity (Wildman–Crippen MR) is 88.0 cm³/mol. The van der Waals surface area contributed by atoms with Crippen molar-refractivity contribution in [2.45, 2.75) is 31.7 Å². The van der Waals surface area contributed by atoms with Crippen LogP contribution in [-0.2, 0) is 6.42 Å². The SMILES string of the molecule is N#CC[C@@H]1CCCN1c1ccc(Cc2ccc(O)cc2)cc1. The van der Waals surface area contributed by atoms with Crippen LogP contribution in [0.1, 0.15) is 30.4 Å². The molecule has 1 aliphatic rings. The second-order valence-corrected chi connectivity index (χ2v) is 5.86.